The number of urea groups is 1. The van der Waals surface area contributed by atoms with Gasteiger partial charge < -0.3 is 25.8 Å². The Hall–Kier alpha value is -2.68. The fraction of sp³-hybridized carbons (Fsp3) is 0.409. The molecule has 1 aromatic carbocycles. The second-order valence-electron chi connectivity index (χ2n) is 7.44. The number of halogens is 1. The van der Waals surface area contributed by atoms with Crippen LogP contribution in [0.4, 0.5) is 10.5 Å². The summed E-state index contributed by atoms with van der Waals surface area (Å²) in [5.41, 5.74) is 1.53. The molecule has 0 radical (unpaired) electrons. The van der Waals surface area contributed by atoms with Crippen molar-refractivity contribution in [2.24, 2.45) is 0 Å². The third-order valence-electron chi connectivity index (χ3n) is 5.12. The smallest absolute Gasteiger partial charge is 0.319 e. The number of anilines is 1. The van der Waals surface area contributed by atoms with Gasteiger partial charge in [-0.25, -0.2) is 4.79 Å². The zero-order chi connectivity index (χ0) is 22.1. The maximum atomic E-state index is 12.3. The molecule has 31 heavy (non-hydrogen) atoms. The number of aliphatic hydroxyl groups is 1. The van der Waals surface area contributed by atoms with E-state index in [9.17, 15) is 14.7 Å². The van der Waals surface area contributed by atoms with E-state index < -0.39 is 6.10 Å². The minimum Gasteiger partial charge on any atom is -0.394 e. The number of carbonyl (C=O) groups excluding carboxylic acids is 2. The van der Waals surface area contributed by atoms with Crippen molar-refractivity contribution in [2.75, 3.05) is 18.5 Å². The van der Waals surface area contributed by atoms with Crippen molar-refractivity contribution in [3.8, 4) is 0 Å². The Balaban J connectivity index is 1.39. The van der Waals surface area contributed by atoms with Crippen molar-refractivity contribution < 1.29 is 19.4 Å². The summed E-state index contributed by atoms with van der Waals surface area (Å²) >= 11 is 5.85. The highest BCUT2D eigenvalue weighted by Gasteiger charge is 2.31. The third-order valence-corrected chi connectivity index (χ3v) is 5.37. The number of ether oxygens (including phenoxy) is 1. The Kier molecular flexibility index (Phi) is 8.63. The van der Waals surface area contributed by atoms with Crippen LogP contribution < -0.4 is 16.0 Å². The summed E-state index contributed by atoms with van der Waals surface area (Å²) in [5.74, 6) is -0.0564. The fourth-order valence-electron chi connectivity index (χ4n) is 3.50. The molecule has 1 aliphatic rings. The van der Waals surface area contributed by atoms with Crippen LogP contribution in [0.25, 0.3) is 0 Å². The normalized spacial score (nSPS) is 20.6. The van der Waals surface area contributed by atoms with Crippen molar-refractivity contribution in [1.82, 2.24) is 15.6 Å². The molecule has 1 saturated heterocycles. The summed E-state index contributed by atoms with van der Waals surface area (Å²) in [6, 6.07) is 9.77. The average molecular weight is 447 g/mol. The predicted molar refractivity (Wildman–Crippen MR) is 118 cm³/mol. The summed E-state index contributed by atoms with van der Waals surface area (Å²) in [5, 5.41) is 18.8. The summed E-state index contributed by atoms with van der Waals surface area (Å²) in [4.78, 5) is 28.2. The fourth-order valence-corrected chi connectivity index (χ4v) is 3.63. The molecule has 3 amide bonds. The second kappa shape index (κ2) is 11.6. The van der Waals surface area contributed by atoms with E-state index in [1.165, 1.54) is 0 Å². The molecule has 0 bridgehead atoms. The Morgan fingerprint density at radius 1 is 1.13 bits per heavy atom. The highest BCUT2D eigenvalue weighted by molar-refractivity contribution is 6.30. The molecular formula is C22H27ClN4O4. The molecule has 9 heteroatoms. The van der Waals surface area contributed by atoms with E-state index in [4.69, 9.17) is 16.3 Å². The molecule has 166 valence electrons. The zero-order valence-electron chi connectivity index (χ0n) is 17.1. The number of aliphatic hydroxyl groups excluding tert-OH is 1. The van der Waals surface area contributed by atoms with Crippen molar-refractivity contribution >= 4 is 29.2 Å². The lowest BCUT2D eigenvalue weighted by atomic mass is 9.97. The van der Waals surface area contributed by atoms with Gasteiger partial charge in [0.1, 0.15) is 6.10 Å². The minimum atomic E-state index is -0.498. The SMILES string of the molecule is O=C(Cc1ccncc1)NCC[C@@H]1CC[C@H](NC(=O)Nc2ccc(Cl)cc2)[C@@H](CO)O1. The Morgan fingerprint density at radius 3 is 2.58 bits per heavy atom. The van der Waals surface area contributed by atoms with E-state index in [2.05, 4.69) is 20.9 Å². The van der Waals surface area contributed by atoms with Gasteiger partial charge in [0.2, 0.25) is 5.91 Å². The Morgan fingerprint density at radius 2 is 1.87 bits per heavy atom. The predicted octanol–water partition coefficient (Wildman–Crippen LogP) is 2.51. The number of hydrogen-bond acceptors (Lipinski definition) is 5. The Bertz CT molecular complexity index is 850. The molecule has 3 rings (SSSR count). The van der Waals surface area contributed by atoms with E-state index in [-0.39, 0.29) is 30.7 Å². The number of nitrogens with one attached hydrogen (secondary N) is 3. The maximum absolute atomic E-state index is 12.3. The Labute approximate surface area is 186 Å². The van der Waals surface area contributed by atoms with Gasteiger partial charge >= 0.3 is 6.03 Å². The largest absolute Gasteiger partial charge is 0.394 e. The van der Waals surface area contributed by atoms with E-state index in [0.717, 1.165) is 12.0 Å². The molecule has 3 atom stereocenters. The van der Waals surface area contributed by atoms with Gasteiger partial charge in [0.15, 0.2) is 0 Å². The van der Waals surface area contributed by atoms with Gasteiger partial charge in [0.05, 0.1) is 25.2 Å². The van der Waals surface area contributed by atoms with E-state index >= 15 is 0 Å². The third kappa shape index (κ3) is 7.50. The van der Waals surface area contributed by atoms with Gasteiger partial charge in [0.25, 0.3) is 0 Å². The highest BCUT2D eigenvalue weighted by Crippen LogP contribution is 2.22. The van der Waals surface area contributed by atoms with Gasteiger partial charge in [0, 0.05) is 29.6 Å². The van der Waals surface area contributed by atoms with Crippen molar-refractivity contribution in [2.45, 2.75) is 43.9 Å². The lowest BCUT2D eigenvalue weighted by molar-refractivity contribution is -0.121. The van der Waals surface area contributed by atoms with Gasteiger partial charge in [-0.1, -0.05) is 11.6 Å². The van der Waals surface area contributed by atoms with Gasteiger partial charge in [-0.15, -0.1) is 0 Å². The summed E-state index contributed by atoms with van der Waals surface area (Å²) in [7, 11) is 0. The van der Waals surface area contributed by atoms with Crippen LogP contribution in [0.1, 0.15) is 24.8 Å². The van der Waals surface area contributed by atoms with Crippen LogP contribution in [0.2, 0.25) is 5.02 Å². The molecular weight excluding hydrogens is 420 g/mol. The first kappa shape index (κ1) is 23.0. The van der Waals surface area contributed by atoms with Crippen LogP contribution in [0, 0.1) is 0 Å². The summed E-state index contributed by atoms with van der Waals surface area (Å²) in [6.07, 6.45) is 5.08. The van der Waals surface area contributed by atoms with Crippen LogP contribution in [-0.4, -0.2) is 53.4 Å². The van der Waals surface area contributed by atoms with E-state index in [0.29, 0.717) is 36.5 Å². The first-order valence-corrected chi connectivity index (χ1v) is 10.7. The van der Waals surface area contributed by atoms with E-state index in [1.807, 2.05) is 12.1 Å². The number of hydrogen-bond donors (Lipinski definition) is 4. The van der Waals surface area contributed by atoms with Gasteiger partial charge in [-0.2, -0.15) is 0 Å². The standard InChI is InChI=1S/C22H27ClN4O4/c23-16-1-3-17(4-2-16)26-22(30)27-19-6-5-18(31-20(19)14-28)9-12-25-21(29)13-15-7-10-24-11-8-15/h1-4,7-8,10-11,18-20,28H,5-6,9,12-14H2,(H,25,29)(H2,26,27,30)/t18-,19-,20+/m0/s1. The molecule has 0 spiro atoms. The number of rotatable bonds is 8. The molecule has 0 unspecified atom stereocenters. The van der Waals surface area contributed by atoms with Gasteiger partial charge in [-0.3, -0.25) is 9.78 Å². The number of benzene rings is 1. The first-order chi connectivity index (χ1) is 15.0. The molecule has 4 N–H and O–H groups in total. The molecule has 0 aliphatic carbocycles. The number of nitrogens with zero attached hydrogens (tertiary/aromatic N) is 1. The highest BCUT2D eigenvalue weighted by atomic mass is 35.5. The van der Waals surface area contributed by atoms with E-state index in [1.54, 1.807) is 36.7 Å². The van der Waals surface area contributed by atoms with Crippen LogP contribution in [0.15, 0.2) is 48.8 Å². The van der Waals surface area contributed by atoms with Crippen LogP contribution >= 0.6 is 11.6 Å². The van der Waals surface area contributed by atoms with Crippen molar-refractivity contribution in [3.63, 3.8) is 0 Å². The quantitative estimate of drug-likeness (QED) is 0.497. The monoisotopic (exact) mass is 446 g/mol. The van der Waals surface area contributed by atoms with Crippen LogP contribution in [0.5, 0.6) is 0 Å². The molecule has 2 aromatic rings. The van der Waals surface area contributed by atoms with Crippen molar-refractivity contribution in [1.29, 1.82) is 0 Å². The van der Waals surface area contributed by atoms with Gasteiger partial charge in [-0.05, 0) is 61.2 Å². The number of pyridine rings is 1. The molecule has 1 aromatic heterocycles. The number of amides is 3. The number of aromatic nitrogens is 1. The zero-order valence-corrected chi connectivity index (χ0v) is 17.8. The molecule has 1 aliphatic heterocycles. The second-order valence-corrected chi connectivity index (χ2v) is 7.88. The molecule has 0 saturated carbocycles. The lowest BCUT2D eigenvalue weighted by Gasteiger charge is -2.36. The topological polar surface area (TPSA) is 113 Å². The van der Waals surface area contributed by atoms with Crippen molar-refractivity contribution in [3.05, 3.63) is 59.4 Å². The first-order valence-electron chi connectivity index (χ1n) is 10.3. The lowest BCUT2D eigenvalue weighted by Crippen LogP contribution is -2.52. The average Bonchev–Trinajstić information content (AvgIpc) is 2.77. The summed E-state index contributed by atoms with van der Waals surface area (Å²) < 4.78 is 5.95. The molecule has 8 nitrogen and oxygen atoms in total. The maximum Gasteiger partial charge on any atom is 0.319 e. The summed E-state index contributed by atoms with van der Waals surface area (Å²) in [6.45, 7) is 0.290. The number of carbonyl (C=O) groups is 2. The van der Waals surface area contributed by atoms with Crippen LogP contribution in [0.3, 0.4) is 0 Å². The minimum absolute atomic E-state index is 0.0564. The molecule has 1 fully saturated rings. The molecule has 2 heterocycles. The van der Waals surface area contributed by atoms with Crippen LogP contribution in [-0.2, 0) is 16.0 Å².